The van der Waals surface area contributed by atoms with Crippen molar-refractivity contribution in [2.75, 3.05) is 27.4 Å². The first-order valence-electron chi connectivity index (χ1n) is 5.21. The first-order valence-corrected chi connectivity index (χ1v) is 5.21. The molecule has 5 nitrogen and oxygen atoms in total. The van der Waals surface area contributed by atoms with Gasteiger partial charge in [-0.1, -0.05) is 0 Å². The first kappa shape index (κ1) is 11.2. The number of hydrogen-bond donors (Lipinski definition) is 2. The molecule has 1 aromatic heterocycles. The summed E-state index contributed by atoms with van der Waals surface area (Å²) in [6.45, 7) is 0.786. The standard InChI is InChI=1S/C11H16N2O3/c1-12-9(8-4-3-5-13-8)11(6-16-7-11)10(14)15-2/h3-5,9,12-13H,6-7H2,1-2H3. The normalized spacial score (nSPS) is 19.9. The molecule has 16 heavy (non-hydrogen) atoms. The maximum atomic E-state index is 11.9. The lowest BCUT2D eigenvalue weighted by Crippen LogP contribution is -2.56. The Morgan fingerprint density at radius 1 is 1.69 bits per heavy atom. The quantitative estimate of drug-likeness (QED) is 0.729. The van der Waals surface area contributed by atoms with Crippen LogP contribution in [0.5, 0.6) is 0 Å². The number of carbonyl (C=O) groups is 1. The van der Waals surface area contributed by atoms with Gasteiger partial charge in [-0.3, -0.25) is 4.79 Å². The fraction of sp³-hybridized carbons (Fsp3) is 0.545. The minimum Gasteiger partial charge on any atom is -0.468 e. The van der Waals surface area contributed by atoms with Gasteiger partial charge in [0, 0.05) is 11.9 Å². The van der Waals surface area contributed by atoms with E-state index in [4.69, 9.17) is 9.47 Å². The van der Waals surface area contributed by atoms with Gasteiger partial charge < -0.3 is 19.8 Å². The summed E-state index contributed by atoms with van der Waals surface area (Å²) in [6, 6.07) is 3.75. The van der Waals surface area contributed by atoms with Crippen molar-refractivity contribution in [1.82, 2.24) is 10.3 Å². The molecule has 1 aliphatic rings. The van der Waals surface area contributed by atoms with Crippen LogP contribution in [0.15, 0.2) is 18.3 Å². The molecule has 1 fully saturated rings. The van der Waals surface area contributed by atoms with Crippen LogP contribution < -0.4 is 5.32 Å². The monoisotopic (exact) mass is 224 g/mol. The van der Waals surface area contributed by atoms with Crippen LogP contribution in [0.2, 0.25) is 0 Å². The lowest BCUT2D eigenvalue weighted by atomic mass is 9.77. The topological polar surface area (TPSA) is 63.4 Å². The van der Waals surface area contributed by atoms with E-state index in [1.165, 1.54) is 7.11 Å². The molecule has 0 radical (unpaired) electrons. The summed E-state index contributed by atoms with van der Waals surface area (Å²) in [5.74, 6) is -0.229. The number of methoxy groups -OCH3 is 1. The third kappa shape index (κ3) is 1.52. The Hall–Kier alpha value is -1.33. The largest absolute Gasteiger partial charge is 0.468 e. The predicted octanol–water partition coefficient (Wildman–Crippen LogP) is 0.465. The summed E-state index contributed by atoms with van der Waals surface area (Å²) in [4.78, 5) is 15.0. The van der Waals surface area contributed by atoms with Crippen LogP contribution in [-0.4, -0.2) is 38.3 Å². The molecule has 0 saturated carbocycles. The molecule has 2 heterocycles. The second-order valence-corrected chi connectivity index (χ2v) is 3.99. The fourth-order valence-electron chi connectivity index (χ4n) is 2.18. The number of esters is 1. The maximum Gasteiger partial charge on any atom is 0.318 e. The Morgan fingerprint density at radius 3 is 2.81 bits per heavy atom. The highest BCUT2D eigenvalue weighted by Crippen LogP contribution is 2.40. The number of aromatic nitrogens is 1. The van der Waals surface area contributed by atoms with Crippen LogP contribution in [0, 0.1) is 5.41 Å². The molecule has 0 spiro atoms. The van der Waals surface area contributed by atoms with E-state index < -0.39 is 5.41 Å². The number of rotatable bonds is 4. The zero-order valence-electron chi connectivity index (χ0n) is 9.45. The van der Waals surface area contributed by atoms with Gasteiger partial charge in [0.1, 0.15) is 5.41 Å². The molecule has 5 heteroatoms. The Morgan fingerprint density at radius 2 is 2.44 bits per heavy atom. The van der Waals surface area contributed by atoms with Crippen molar-refractivity contribution in [3.63, 3.8) is 0 Å². The highest BCUT2D eigenvalue weighted by molar-refractivity contribution is 5.79. The third-order valence-corrected chi connectivity index (χ3v) is 3.09. The van der Waals surface area contributed by atoms with Crippen LogP contribution >= 0.6 is 0 Å². The first-order chi connectivity index (χ1) is 7.74. The van der Waals surface area contributed by atoms with Gasteiger partial charge in [-0.25, -0.2) is 0 Å². The van der Waals surface area contributed by atoms with Crippen molar-refractivity contribution in [3.05, 3.63) is 24.0 Å². The highest BCUT2D eigenvalue weighted by Gasteiger charge is 2.53. The molecule has 1 atom stereocenters. The predicted molar refractivity (Wildman–Crippen MR) is 57.9 cm³/mol. The van der Waals surface area contributed by atoms with Gasteiger partial charge in [-0.05, 0) is 19.2 Å². The molecule has 0 aromatic carbocycles. The number of hydrogen-bond acceptors (Lipinski definition) is 4. The molecule has 0 aliphatic carbocycles. The second-order valence-electron chi connectivity index (χ2n) is 3.99. The smallest absolute Gasteiger partial charge is 0.318 e. The lowest BCUT2D eigenvalue weighted by molar-refractivity contribution is -0.190. The Kier molecular flexibility index (Phi) is 2.98. The van der Waals surface area contributed by atoms with E-state index in [0.717, 1.165) is 5.69 Å². The van der Waals surface area contributed by atoms with Gasteiger partial charge in [-0.2, -0.15) is 0 Å². The molecule has 1 saturated heterocycles. The minimum absolute atomic E-state index is 0.108. The lowest BCUT2D eigenvalue weighted by Gasteiger charge is -2.43. The van der Waals surface area contributed by atoms with Crippen LogP contribution in [0.1, 0.15) is 11.7 Å². The Bertz CT molecular complexity index is 357. The summed E-state index contributed by atoms with van der Waals surface area (Å²) in [5, 5.41) is 3.15. The number of carbonyl (C=O) groups excluding carboxylic acids is 1. The number of aromatic amines is 1. The van der Waals surface area contributed by atoms with Gasteiger partial charge >= 0.3 is 5.97 Å². The average Bonchev–Trinajstić information content (AvgIpc) is 2.75. The average molecular weight is 224 g/mol. The van der Waals surface area contributed by atoms with Crippen LogP contribution in [0.25, 0.3) is 0 Å². The van der Waals surface area contributed by atoms with Gasteiger partial charge in [0.25, 0.3) is 0 Å². The van der Waals surface area contributed by atoms with Crippen LogP contribution in [0.4, 0.5) is 0 Å². The molecule has 0 bridgehead atoms. The number of nitrogens with one attached hydrogen (secondary N) is 2. The minimum atomic E-state index is -0.603. The van der Waals surface area contributed by atoms with Crippen molar-refractivity contribution in [3.8, 4) is 0 Å². The third-order valence-electron chi connectivity index (χ3n) is 3.09. The number of H-pyrrole nitrogens is 1. The summed E-state index contributed by atoms with van der Waals surface area (Å²) < 4.78 is 10.1. The molecular weight excluding hydrogens is 208 g/mol. The van der Waals surface area contributed by atoms with Gasteiger partial charge in [0.15, 0.2) is 0 Å². The SMILES string of the molecule is CNC(c1ccc[nH]1)C1(C(=O)OC)COC1. The Balaban J connectivity index is 2.28. The Labute approximate surface area is 94.1 Å². The van der Waals surface area contributed by atoms with E-state index in [1.54, 1.807) is 0 Å². The van der Waals surface area contributed by atoms with Crippen molar-refractivity contribution in [2.45, 2.75) is 6.04 Å². The van der Waals surface area contributed by atoms with E-state index in [2.05, 4.69) is 10.3 Å². The molecule has 1 unspecified atom stereocenters. The molecule has 2 rings (SSSR count). The van der Waals surface area contributed by atoms with Crippen molar-refractivity contribution in [2.24, 2.45) is 5.41 Å². The molecule has 1 aromatic rings. The zero-order valence-corrected chi connectivity index (χ0v) is 9.45. The van der Waals surface area contributed by atoms with Crippen molar-refractivity contribution in [1.29, 1.82) is 0 Å². The summed E-state index contributed by atoms with van der Waals surface area (Å²) in [6.07, 6.45) is 1.84. The van der Waals surface area contributed by atoms with E-state index in [0.29, 0.717) is 13.2 Å². The van der Waals surface area contributed by atoms with Gasteiger partial charge in [0.05, 0.1) is 26.4 Å². The summed E-state index contributed by atoms with van der Waals surface area (Å²) in [5.41, 5.74) is 0.366. The van der Waals surface area contributed by atoms with Crippen molar-refractivity contribution < 1.29 is 14.3 Å². The van der Waals surface area contributed by atoms with Gasteiger partial charge in [-0.15, -0.1) is 0 Å². The van der Waals surface area contributed by atoms with E-state index in [9.17, 15) is 4.79 Å². The highest BCUT2D eigenvalue weighted by atomic mass is 16.5. The van der Waals surface area contributed by atoms with Crippen LogP contribution in [-0.2, 0) is 14.3 Å². The van der Waals surface area contributed by atoms with Crippen LogP contribution in [0.3, 0.4) is 0 Å². The molecule has 88 valence electrons. The van der Waals surface area contributed by atoms with E-state index >= 15 is 0 Å². The van der Waals surface area contributed by atoms with Crippen molar-refractivity contribution >= 4 is 5.97 Å². The molecule has 1 aliphatic heterocycles. The van der Waals surface area contributed by atoms with Gasteiger partial charge in [0.2, 0.25) is 0 Å². The molecule has 0 amide bonds. The number of ether oxygens (including phenoxy) is 2. The molecular formula is C11H16N2O3. The zero-order chi connectivity index (χ0) is 11.6. The van der Waals surface area contributed by atoms with E-state index in [1.807, 2.05) is 25.4 Å². The maximum absolute atomic E-state index is 11.9. The van der Waals surface area contributed by atoms with E-state index in [-0.39, 0.29) is 12.0 Å². The second kappa shape index (κ2) is 4.27. The fourth-order valence-corrected chi connectivity index (χ4v) is 2.18. The summed E-state index contributed by atoms with van der Waals surface area (Å²) in [7, 11) is 3.23. The molecule has 2 N–H and O–H groups in total. The summed E-state index contributed by atoms with van der Waals surface area (Å²) >= 11 is 0.